The van der Waals surface area contributed by atoms with Crippen molar-refractivity contribution in [1.82, 2.24) is 19.7 Å². The molecule has 1 aromatic carbocycles. The molecule has 2 aliphatic heterocycles. The summed E-state index contributed by atoms with van der Waals surface area (Å²) in [6, 6.07) is 8.87. The van der Waals surface area contributed by atoms with Crippen molar-refractivity contribution in [2.75, 3.05) is 64.9 Å². The summed E-state index contributed by atoms with van der Waals surface area (Å²) in [6.45, 7) is 9.32. The highest BCUT2D eigenvalue weighted by atomic mass is 16.5. The zero-order valence-electron chi connectivity index (χ0n) is 23.2. The van der Waals surface area contributed by atoms with Crippen molar-refractivity contribution in [3.8, 4) is 5.75 Å². The summed E-state index contributed by atoms with van der Waals surface area (Å²) in [5.41, 5.74) is 2.09. The van der Waals surface area contributed by atoms with Crippen LogP contribution in [0.1, 0.15) is 36.2 Å². The number of aliphatic hydroxyl groups excluding tert-OH is 1. The zero-order chi connectivity index (χ0) is 27.8. The lowest BCUT2D eigenvalue weighted by molar-refractivity contribution is -0.116. The second-order valence-electron chi connectivity index (χ2n) is 10.6. The summed E-state index contributed by atoms with van der Waals surface area (Å²) in [6.07, 6.45) is 3.74. The number of hydrogen-bond acceptors (Lipinski definition) is 8. The molecule has 39 heavy (non-hydrogen) atoms. The Balaban J connectivity index is 1.50. The van der Waals surface area contributed by atoms with Gasteiger partial charge in [0.1, 0.15) is 11.9 Å². The van der Waals surface area contributed by atoms with E-state index in [1.807, 2.05) is 26.1 Å². The summed E-state index contributed by atoms with van der Waals surface area (Å²) in [5, 5.41) is 12.8. The molecule has 3 heterocycles. The monoisotopic (exact) mass is 539 g/mol. The molecule has 1 saturated heterocycles. The van der Waals surface area contributed by atoms with Gasteiger partial charge >= 0.3 is 0 Å². The molecular formula is C29H41N5O5. The lowest BCUT2D eigenvalue weighted by atomic mass is 9.99. The number of morpholine rings is 1. The van der Waals surface area contributed by atoms with Crippen LogP contribution in [0.25, 0.3) is 0 Å². The number of carbonyl (C=O) groups is 2. The van der Waals surface area contributed by atoms with Gasteiger partial charge in [-0.05, 0) is 49.9 Å². The second-order valence-corrected chi connectivity index (χ2v) is 10.6. The number of carbonyl (C=O) groups excluding carboxylic acids is 2. The van der Waals surface area contributed by atoms with Gasteiger partial charge < -0.3 is 24.8 Å². The quantitative estimate of drug-likeness (QED) is 0.473. The van der Waals surface area contributed by atoms with Gasteiger partial charge in [-0.3, -0.25) is 24.4 Å². The molecule has 0 radical (unpaired) electrons. The van der Waals surface area contributed by atoms with E-state index in [1.165, 1.54) is 0 Å². The van der Waals surface area contributed by atoms with Gasteiger partial charge in [0.25, 0.3) is 5.91 Å². The van der Waals surface area contributed by atoms with Crippen LogP contribution in [0.5, 0.6) is 5.75 Å². The topological polar surface area (TPSA) is 107 Å². The molecule has 0 spiro atoms. The number of pyridine rings is 1. The van der Waals surface area contributed by atoms with Crippen molar-refractivity contribution in [2.45, 2.75) is 39.0 Å². The molecule has 0 bridgehead atoms. The molecule has 0 saturated carbocycles. The Kier molecular flexibility index (Phi) is 10.3. The minimum absolute atomic E-state index is 0.0237. The number of benzene rings is 1. The number of amides is 2. The van der Waals surface area contributed by atoms with Crippen molar-refractivity contribution >= 4 is 17.5 Å². The number of aliphatic hydroxyl groups is 1. The molecule has 2 N–H and O–H groups in total. The van der Waals surface area contributed by atoms with Crippen molar-refractivity contribution in [1.29, 1.82) is 0 Å². The van der Waals surface area contributed by atoms with Crippen molar-refractivity contribution < 1.29 is 24.2 Å². The maximum Gasteiger partial charge on any atom is 0.258 e. The summed E-state index contributed by atoms with van der Waals surface area (Å²) in [7, 11) is 2.05. The molecule has 2 amide bonds. The zero-order valence-corrected chi connectivity index (χ0v) is 23.2. The van der Waals surface area contributed by atoms with Crippen LogP contribution < -0.4 is 10.1 Å². The largest absolute Gasteiger partial charge is 0.488 e. The Morgan fingerprint density at radius 2 is 1.97 bits per heavy atom. The summed E-state index contributed by atoms with van der Waals surface area (Å²) < 4.78 is 11.9. The van der Waals surface area contributed by atoms with Crippen LogP contribution in [0, 0.1) is 5.92 Å². The predicted octanol–water partition coefficient (Wildman–Crippen LogP) is 2.09. The maximum absolute atomic E-state index is 13.7. The fraction of sp³-hybridized carbons (Fsp3) is 0.552. The Hall–Kier alpha value is -3.05. The Labute approximate surface area is 230 Å². The average Bonchev–Trinajstić information content (AvgIpc) is 2.94. The third-order valence-electron chi connectivity index (χ3n) is 7.40. The number of fused-ring (bicyclic) bond motifs is 1. The van der Waals surface area contributed by atoms with Gasteiger partial charge in [-0.15, -0.1) is 0 Å². The molecule has 10 nitrogen and oxygen atoms in total. The Morgan fingerprint density at radius 1 is 1.23 bits per heavy atom. The SMILES string of the molecule is CC1CN(C(C)CO)C(=O)c2cc(NC(=O)CCN3CCOCC3)ccc2OC1CN(C)Cc1ccncc1. The van der Waals surface area contributed by atoms with E-state index >= 15 is 0 Å². The van der Waals surface area contributed by atoms with E-state index in [2.05, 4.69) is 27.0 Å². The lowest BCUT2D eigenvalue weighted by Crippen LogP contribution is -2.49. The lowest BCUT2D eigenvalue weighted by Gasteiger charge is -2.38. The molecule has 10 heteroatoms. The van der Waals surface area contributed by atoms with Crippen LogP contribution in [-0.2, 0) is 16.1 Å². The standard InChI is InChI=1S/C29H41N5O5/c1-21-17-34(22(2)20-35)29(37)25-16-24(31-28(36)8-11-33-12-14-38-15-13-33)4-5-26(25)39-27(21)19-32(3)18-23-6-9-30-10-7-23/h4-7,9-10,16,21-22,27,35H,8,11-15,17-20H2,1-3H3,(H,31,36). The van der Waals surface area contributed by atoms with E-state index in [-0.39, 0.29) is 36.5 Å². The molecule has 1 aromatic heterocycles. The number of nitrogens with zero attached hydrogens (tertiary/aromatic N) is 4. The molecule has 3 atom stereocenters. The van der Waals surface area contributed by atoms with Gasteiger partial charge in [0, 0.05) is 69.7 Å². The molecule has 2 aromatic rings. The second kappa shape index (κ2) is 13.8. The first-order chi connectivity index (χ1) is 18.8. The highest BCUT2D eigenvalue weighted by Gasteiger charge is 2.33. The smallest absolute Gasteiger partial charge is 0.258 e. The van der Waals surface area contributed by atoms with Crippen LogP contribution in [0.2, 0.25) is 0 Å². The first kappa shape index (κ1) is 28.9. The number of anilines is 1. The first-order valence-electron chi connectivity index (χ1n) is 13.7. The number of aromatic nitrogens is 1. The summed E-state index contributed by atoms with van der Waals surface area (Å²) >= 11 is 0. The normalized spacial score (nSPS) is 21.1. The van der Waals surface area contributed by atoms with Crippen LogP contribution in [0.4, 0.5) is 5.69 Å². The van der Waals surface area contributed by atoms with E-state index in [0.29, 0.717) is 56.3 Å². The van der Waals surface area contributed by atoms with Crippen LogP contribution >= 0.6 is 0 Å². The van der Waals surface area contributed by atoms with Gasteiger partial charge in [0.15, 0.2) is 0 Å². The molecule has 0 aliphatic carbocycles. The maximum atomic E-state index is 13.7. The molecule has 4 rings (SSSR count). The van der Waals surface area contributed by atoms with E-state index in [1.54, 1.807) is 35.5 Å². The third kappa shape index (κ3) is 7.98. The fourth-order valence-corrected chi connectivity index (χ4v) is 5.00. The number of hydrogen-bond donors (Lipinski definition) is 2. The number of rotatable bonds is 10. The average molecular weight is 540 g/mol. The van der Waals surface area contributed by atoms with Gasteiger partial charge in [-0.25, -0.2) is 0 Å². The van der Waals surface area contributed by atoms with Gasteiger partial charge in [0.2, 0.25) is 5.91 Å². The summed E-state index contributed by atoms with van der Waals surface area (Å²) in [4.78, 5) is 36.6. The number of nitrogens with one attached hydrogen (secondary N) is 1. The third-order valence-corrected chi connectivity index (χ3v) is 7.40. The fourth-order valence-electron chi connectivity index (χ4n) is 5.00. The minimum atomic E-state index is -0.354. The van der Waals surface area contributed by atoms with E-state index < -0.39 is 0 Å². The summed E-state index contributed by atoms with van der Waals surface area (Å²) in [5.74, 6) is 0.183. The van der Waals surface area contributed by atoms with Crippen molar-refractivity contribution in [3.63, 3.8) is 0 Å². The molecule has 212 valence electrons. The Morgan fingerprint density at radius 3 is 2.69 bits per heavy atom. The minimum Gasteiger partial charge on any atom is -0.488 e. The molecule has 3 unspecified atom stereocenters. The van der Waals surface area contributed by atoms with Crippen LogP contribution in [0.3, 0.4) is 0 Å². The highest BCUT2D eigenvalue weighted by molar-refractivity contribution is 5.99. The molecular weight excluding hydrogens is 498 g/mol. The van der Waals surface area contributed by atoms with E-state index in [4.69, 9.17) is 9.47 Å². The highest BCUT2D eigenvalue weighted by Crippen LogP contribution is 2.31. The predicted molar refractivity (Wildman–Crippen MR) is 149 cm³/mol. The van der Waals surface area contributed by atoms with Gasteiger partial charge in [-0.2, -0.15) is 0 Å². The van der Waals surface area contributed by atoms with E-state index in [0.717, 1.165) is 25.2 Å². The van der Waals surface area contributed by atoms with E-state index in [9.17, 15) is 14.7 Å². The van der Waals surface area contributed by atoms with Gasteiger partial charge in [-0.1, -0.05) is 6.92 Å². The first-order valence-corrected chi connectivity index (χ1v) is 13.7. The number of likely N-dealkylation sites (N-methyl/N-ethyl adjacent to an activating group) is 1. The molecule has 1 fully saturated rings. The van der Waals surface area contributed by atoms with Crippen LogP contribution in [0.15, 0.2) is 42.7 Å². The van der Waals surface area contributed by atoms with Gasteiger partial charge in [0.05, 0.1) is 31.4 Å². The number of ether oxygens (including phenoxy) is 2. The Bertz CT molecular complexity index is 1090. The van der Waals surface area contributed by atoms with Crippen LogP contribution in [-0.4, -0.2) is 108 Å². The van der Waals surface area contributed by atoms with Crippen molar-refractivity contribution in [2.24, 2.45) is 5.92 Å². The van der Waals surface area contributed by atoms with Crippen molar-refractivity contribution in [3.05, 3.63) is 53.9 Å². The molecule has 2 aliphatic rings.